The Balaban J connectivity index is 2.04. The van der Waals surface area contributed by atoms with Crippen molar-refractivity contribution in [3.8, 4) is 0 Å². The maximum absolute atomic E-state index is 11.2. The topological polar surface area (TPSA) is 111 Å². The van der Waals surface area contributed by atoms with Crippen LogP contribution in [0.2, 0.25) is 0 Å². The molecule has 5 N–H and O–H groups in total. The van der Waals surface area contributed by atoms with Crippen molar-refractivity contribution in [1.82, 2.24) is 10.3 Å². The summed E-state index contributed by atoms with van der Waals surface area (Å²) in [6, 6.07) is 4.59. The molecular formula is C10H10N4O2S2. The number of nitrogen functional groups attached to an aromatic ring is 1. The number of amides is 3. The summed E-state index contributed by atoms with van der Waals surface area (Å²) in [6.07, 6.45) is 0. The summed E-state index contributed by atoms with van der Waals surface area (Å²) in [5.41, 5.74) is 12.0. The van der Waals surface area contributed by atoms with Gasteiger partial charge in [-0.3, -0.25) is 10.1 Å². The largest absolute Gasteiger partial charge is 0.399 e. The zero-order chi connectivity index (χ0) is 13.1. The van der Waals surface area contributed by atoms with Crippen molar-refractivity contribution in [2.75, 3.05) is 11.5 Å². The summed E-state index contributed by atoms with van der Waals surface area (Å²) < 4.78 is 1.71. The van der Waals surface area contributed by atoms with Crippen molar-refractivity contribution in [2.45, 2.75) is 4.34 Å². The highest BCUT2D eigenvalue weighted by atomic mass is 32.2. The molecule has 8 heteroatoms. The van der Waals surface area contributed by atoms with E-state index in [0.29, 0.717) is 5.69 Å². The van der Waals surface area contributed by atoms with E-state index in [9.17, 15) is 9.59 Å². The van der Waals surface area contributed by atoms with Crippen molar-refractivity contribution < 1.29 is 9.59 Å². The number of anilines is 1. The first kappa shape index (κ1) is 12.7. The highest BCUT2D eigenvalue weighted by Crippen LogP contribution is 2.30. The number of rotatable bonds is 3. The number of benzene rings is 1. The van der Waals surface area contributed by atoms with E-state index in [0.717, 1.165) is 14.6 Å². The van der Waals surface area contributed by atoms with Gasteiger partial charge in [0.2, 0.25) is 5.91 Å². The van der Waals surface area contributed by atoms with Crippen LogP contribution < -0.4 is 16.8 Å². The molecule has 0 fully saturated rings. The molecule has 0 aliphatic rings. The van der Waals surface area contributed by atoms with Crippen LogP contribution in [0.3, 0.4) is 0 Å². The minimum absolute atomic E-state index is 0.0955. The predicted octanol–water partition coefficient (Wildman–Crippen LogP) is 1.17. The highest BCUT2D eigenvalue weighted by Gasteiger charge is 2.09. The van der Waals surface area contributed by atoms with Gasteiger partial charge < -0.3 is 11.5 Å². The molecule has 1 aromatic carbocycles. The summed E-state index contributed by atoms with van der Waals surface area (Å²) in [7, 11) is 0. The minimum Gasteiger partial charge on any atom is -0.399 e. The Morgan fingerprint density at radius 1 is 1.44 bits per heavy atom. The maximum Gasteiger partial charge on any atom is 0.318 e. The van der Waals surface area contributed by atoms with Gasteiger partial charge in [0.05, 0.1) is 16.0 Å². The summed E-state index contributed by atoms with van der Waals surface area (Å²) in [5.74, 6) is -0.343. The van der Waals surface area contributed by atoms with E-state index in [4.69, 9.17) is 11.5 Å². The van der Waals surface area contributed by atoms with Crippen LogP contribution in [0.4, 0.5) is 10.5 Å². The van der Waals surface area contributed by atoms with E-state index in [-0.39, 0.29) is 5.75 Å². The second-order valence-corrected chi connectivity index (χ2v) is 5.66. The standard InChI is InChI=1S/C10H10N4O2S2/c11-5-1-2-6-7(3-5)18-10(13-6)17-4-8(15)14-9(12)16/h1-3H,4,11H2,(H3,12,14,15,16). The zero-order valence-electron chi connectivity index (χ0n) is 9.17. The fourth-order valence-electron chi connectivity index (χ4n) is 1.28. The average Bonchev–Trinajstić information content (AvgIpc) is 2.67. The van der Waals surface area contributed by atoms with E-state index in [1.807, 2.05) is 17.4 Å². The van der Waals surface area contributed by atoms with Crippen LogP contribution in [-0.4, -0.2) is 22.7 Å². The molecule has 0 spiro atoms. The fraction of sp³-hybridized carbons (Fsp3) is 0.100. The Hall–Kier alpha value is -1.80. The Kier molecular flexibility index (Phi) is 3.68. The van der Waals surface area contributed by atoms with Gasteiger partial charge in [0.25, 0.3) is 0 Å². The Morgan fingerprint density at radius 2 is 2.22 bits per heavy atom. The molecule has 94 valence electrons. The lowest BCUT2D eigenvalue weighted by atomic mass is 10.3. The van der Waals surface area contributed by atoms with Crippen LogP contribution in [0, 0.1) is 0 Å². The van der Waals surface area contributed by atoms with Crippen molar-refractivity contribution in [2.24, 2.45) is 5.73 Å². The van der Waals surface area contributed by atoms with E-state index >= 15 is 0 Å². The van der Waals surface area contributed by atoms with E-state index in [2.05, 4.69) is 4.98 Å². The number of imide groups is 1. The number of nitrogens with two attached hydrogens (primary N) is 2. The Labute approximate surface area is 111 Å². The van der Waals surface area contributed by atoms with Gasteiger partial charge in [-0.15, -0.1) is 11.3 Å². The third-order valence-electron chi connectivity index (χ3n) is 1.98. The minimum atomic E-state index is -0.849. The lowest BCUT2D eigenvalue weighted by Crippen LogP contribution is -2.36. The number of nitrogens with one attached hydrogen (secondary N) is 1. The van der Waals surface area contributed by atoms with Gasteiger partial charge in [-0.1, -0.05) is 11.8 Å². The van der Waals surface area contributed by atoms with E-state index < -0.39 is 11.9 Å². The van der Waals surface area contributed by atoms with Crippen LogP contribution in [0.25, 0.3) is 10.2 Å². The number of thioether (sulfide) groups is 1. The molecule has 2 rings (SSSR count). The molecular weight excluding hydrogens is 272 g/mol. The number of carbonyl (C=O) groups is 2. The molecule has 3 amide bonds. The lowest BCUT2D eigenvalue weighted by Gasteiger charge is -1.97. The van der Waals surface area contributed by atoms with E-state index in [1.165, 1.54) is 23.1 Å². The van der Waals surface area contributed by atoms with E-state index in [1.54, 1.807) is 6.07 Å². The van der Waals surface area contributed by atoms with Gasteiger partial charge in [-0.25, -0.2) is 9.78 Å². The van der Waals surface area contributed by atoms with Crippen molar-refractivity contribution >= 4 is 50.9 Å². The first-order chi connectivity index (χ1) is 8.54. The van der Waals surface area contributed by atoms with Gasteiger partial charge in [0.15, 0.2) is 4.34 Å². The monoisotopic (exact) mass is 282 g/mol. The number of carbonyl (C=O) groups excluding carboxylic acids is 2. The van der Waals surface area contributed by atoms with Gasteiger partial charge in [-0.2, -0.15) is 0 Å². The molecule has 2 aromatic rings. The number of thiazole rings is 1. The second kappa shape index (κ2) is 5.23. The second-order valence-electron chi connectivity index (χ2n) is 3.41. The SMILES string of the molecule is NC(=O)NC(=O)CSc1nc2ccc(N)cc2s1. The third-order valence-corrected chi connectivity index (χ3v) is 4.14. The van der Waals surface area contributed by atoms with Crippen LogP contribution >= 0.6 is 23.1 Å². The molecule has 0 saturated heterocycles. The highest BCUT2D eigenvalue weighted by molar-refractivity contribution is 8.01. The number of aromatic nitrogens is 1. The molecule has 0 unspecified atom stereocenters. The van der Waals surface area contributed by atoms with Gasteiger partial charge >= 0.3 is 6.03 Å². The Morgan fingerprint density at radius 3 is 2.94 bits per heavy atom. The molecule has 1 heterocycles. The number of primary amides is 1. The number of hydrogen-bond acceptors (Lipinski definition) is 6. The van der Waals surface area contributed by atoms with Crippen LogP contribution in [0.1, 0.15) is 0 Å². The maximum atomic E-state index is 11.2. The predicted molar refractivity (Wildman–Crippen MR) is 72.5 cm³/mol. The van der Waals surface area contributed by atoms with Crippen LogP contribution in [0.15, 0.2) is 22.5 Å². The molecule has 0 aliphatic carbocycles. The quantitative estimate of drug-likeness (QED) is 0.578. The summed E-state index contributed by atoms with van der Waals surface area (Å²) in [4.78, 5) is 26.0. The first-order valence-electron chi connectivity index (χ1n) is 4.93. The molecule has 18 heavy (non-hydrogen) atoms. The third kappa shape index (κ3) is 3.11. The zero-order valence-corrected chi connectivity index (χ0v) is 10.8. The number of fused-ring (bicyclic) bond motifs is 1. The van der Waals surface area contributed by atoms with Crippen molar-refractivity contribution in [1.29, 1.82) is 0 Å². The number of urea groups is 1. The fourth-order valence-corrected chi connectivity index (χ4v) is 3.20. The molecule has 6 nitrogen and oxygen atoms in total. The smallest absolute Gasteiger partial charge is 0.318 e. The summed E-state index contributed by atoms with van der Waals surface area (Å²) >= 11 is 2.70. The summed E-state index contributed by atoms with van der Waals surface area (Å²) in [5, 5.41) is 1.99. The van der Waals surface area contributed by atoms with Gasteiger partial charge in [0.1, 0.15) is 0 Å². The van der Waals surface area contributed by atoms with Gasteiger partial charge in [-0.05, 0) is 18.2 Å². The number of hydrogen-bond donors (Lipinski definition) is 3. The first-order valence-corrected chi connectivity index (χ1v) is 6.73. The molecule has 0 bridgehead atoms. The lowest BCUT2D eigenvalue weighted by molar-refractivity contribution is -0.117. The van der Waals surface area contributed by atoms with Crippen molar-refractivity contribution in [3.05, 3.63) is 18.2 Å². The molecule has 0 aliphatic heterocycles. The average molecular weight is 282 g/mol. The Bertz CT molecular complexity index is 611. The molecule has 1 aromatic heterocycles. The molecule has 0 radical (unpaired) electrons. The van der Waals surface area contributed by atoms with Crippen molar-refractivity contribution in [3.63, 3.8) is 0 Å². The molecule has 0 atom stereocenters. The van der Waals surface area contributed by atoms with Crippen LogP contribution in [-0.2, 0) is 4.79 Å². The summed E-state index contributed by atoms with van der Waals surface area (Å²) in [6.45, 7) is 0. The number of nitrogens with zero attached hydrogens (tertiary/aromatic N) is 1. The van der Waals surface area contributed by atoms with Crippen LogP contribution in [0.5, 0.6) is 0 Å². The van der Waals surface area contributed by atoms with Gasteiger partial charge in [0, 0.05) is 5.69 Å². The normalized spacial score (nSPS) is 10.4. The molecule has 0 saturated carbocycles.